The molecule has 0 radical (unpaired) electrons. The monoisotopic (exact) mass is 574 g/mol. The Kier molecular flexibility index (Phi) is 8.08. The van der Waals surface area contributed by atoms with Crippen LogP contribution in [0.1, 0.15) is 52.2 Å². The summed E-state index contributed by atoms with van der Waals surface area (Å²) in [6, 6.07) is 10.9. The highest BCUT2D eigenvalue weighted by atomic mass is 32.2. The predicted molar refractivity (Wildman–Crippen MR) is 148 cm³/mol. The molecule has 0 bridgehead atoms. The number of benzene rings is 2. The van der Waals surface area contributed by atoms with E-state index in [0.717, 1.165) is 65.5 Å². The first kappa shape index (κ1) is 28.4. The van der Waals surface area contributed by atoms with Gasteiger partial charge in [0.05, 0.1) is 5.56 Å². The Balaban J connectivity index is 1.39. The van der Waals surface area contributed by atoms with Gasteiger partial charge in [0.15, 0.2) is 0 Å². The molecule has 1 aromatic heterocycles. The van der Waals surface area contributed by atoms with Crippen molar-refractivity contribution in [2.75, 3.05) is 32.7 Å². The lowest BCUT2D eigenvalue weighted by atomic mass is 9.91. The highest BCUT2D eigenvalue weighted by molar-refractivity contribution is 7.92. The van der Waals surface area contributed by atoms with Crippen molar-refractivity contribution < 1.29 is 26.4 Å². The van der Waals surface area contributed by atoms with Crippen molar-refractivity contribution in [2.24, 2.45) is 5.92 Å². The summed E-state index contributed by atoms with van der Waals surface area (Å²) in [5.41, 5.74) is 2.70. The van der Waals surface area contributed by atoms with Crippen molar-refractivity contribution in [3.05, 3.63) is 82.9 Å². The second-order valence-corrected chi connectivity index (χ2v) is 12.4. The smallest absolute Gasteiger partial charge is 0.343 e. The van der Waals surface area contributed by atoms with E-state index in [9.17, 15) is 26.4 Å². The molecule has 2 atom stereocenters. The molecule has 0 aliphatic carbocycles. The number of sulfonamides is 1. The Morgan fingerprint density at radius 2 is 1.93 bits per heavy atom. The minimum Gasteiger partial charge on any atom is -0.343 e. The number of rotatable bonds is 8. The van der Waals surface area contributed by atoms with Crippen molar-refractivity contribution >= 4 is 26.8 Å². The van der Waals surface area contributed by atoms with Crippen LogP contribution < -0.4 is 10.0 Å². The van der Waals surface area contributed by atoms with Crippen LogP contribution in [0.2, 0.25) is 0 Å². The Morgan fingerprint density at radius 3 is 2.60 bits per heavy atom. The first-order chi connectivity index (χ1) is 19.0. The van der Waals surface area contributed by atoms with E-state index in [4.69, 9.17) is 0 Å². The third kappa shape index (κ3) is 6.26. The van der Waals surface area contributed by atoms with E-state index < -0.39 is 21.8 Å². The van der Waals surface area contributed by atoms with E-state index in [-0.39, 0.29) is 24.3 Å². The van der Waals surface area contributed by atoms with Crippen LogP contribution >= 0.6 is 0 Å². The summed E-state index contributed by atoms with van der Waals surface area (Å²) in [5, 5.41) is 5.30. The van der Waals surface area contributed by atoms with Gasteiger partial charge in [-0.2, -0.15) is 13.2 Å². The molecule has 2 aliphatic heterocycles. The number of carbonyl (C=O) groups is 1. The Hall–Kier alpha value is -3.15. The maximum absolute atomic E-state index is 13.5. The number of likely N-dealkylation sites (tertiary alicyclic amines) is 1. The zero-order chi connectivity index (χ0) is 28.5. The molecule has 11 heteroatoms. The number of nitrogens with one attached hydrogen (secondary N) is 2. The van der Waals surface area contributed by atoms with E-state index >= 15 is 0 Å². The number of aromatic nitrogens is 1. The van der Waals surface area contributed by atoms with E-state index in [1.54, 1.807) is 11.0 Å². The van der Waals surface area contributed by atoms with Gasteiger partial charge in [0.1, 0.15) is 0 Å². The fourth-order valence-electron chi connectivity index (χ4n) is 5.69. The molecule has 7 nitrogen and oxygen atoms in total. The minimum absolute atomic E-state index is 0.0242. The van der Waals surface area contributed by atoms with E-state index in [1.807, 2.05) is 16.7 Å². The third-order valence-corrected chi connectivity index (χ3v) is 8.90. The predicted octanol–water partition coefficient (Wildman–Crippen LogP) is 4.70. The summed E-state index contributed by atoms with van der Waals surface area (Å²) in [6.45, 7) is 6.77. The number of piperidine rings is 1. The van der Waals surface area contributed by atoms with Crippen LogP contribution in [0.25, 0.3) is 10.9 Å². The molecule has 1 amide bonds. The third-order valence-electron chi connectivity index (χ3n) is 7.90. The van der Waals surface area contributed by atoms with Crippen LogP contribution in [-0.2, 0) is 22.7 Å². The summed E-state index contributed by atoms with van der Waals surface area (Å²) in [5.74, 6) is 0.194. The zero-order valence-electron chi connectivity index (χ0n) is 22.1. The molecular weight excluding hydrogens is 541 g/mol. The zero-order valence-corrected chi connectivity index (χ0v) is 22.9. The molecule has 2 aromatic carbocycles. The molecule has 0 spiro atoms. The molecule has 0 saturated carbocycles. The fraction of sp³-hybridized carbons (Fsp3) is 0.414. The molecule has 2 aliphatic rings. The minimum atomic E-state index is -4.38. The van der Waals surface area contributed by atoms with Gasteiger partial charge >= 0.3 is 6.18 Å². The van der Waals surface area contributed by atoms with Crippen molar-refractivity contribution in [3.63, 3.8) is 0 Å². The largest absolute Gasteiger partial charge is 0.416 e. The van der Waals surface area contributed by atoms with Crippen molar-refractivity contribution in [3.8, 4) is 0 Å². The van der Waals surface area contributed by atoms with E-state index in [1.165, 1.54) is 12.1 Å². The highest BCUT2D eigenvalue weighted by Gasteiger charge is 2.30. The number of halogens is 3. The molecule has 5 rings (SSSR count). The van der Waals surface area contributed by atoms with Crippen molar-refractivity contribution in [2.45, 2.75) is 37.9 Å². The molecule has 2 saturated heterocycles. The number of hydrogen-bond donors (Lipinski definition) is 2. The van der Waals surface area contributed by atoms with Crippen LogP contribution in [0.4, 0.5) is 13.2 Å². The van der Waals surface area contributed by atoms with Crippen LogP contribution in [0.3, 0.4) is 0 Å². The summed E-state index contributed by atoms with van der Waals surface area (Å²) in [4.78, 5) is 15.2. The Bertz CT molecular complexity index is 1490. The maximum atomic E-state index is 13.5. The van der Waals surface area contributed by atoms with Crippen molar-refractivity contribution in [1.29, 1.82) is 0 Å². The van der Waals surface area contributed by atoms with Crippen LogP contribution in [0.5, 0.6) is 0 Å². The van der Waals surface area contributed by atoms with Crippen molar-refractivity contribution in [1.82, 2.24) is 19.5 Å². The summed E-state index contributed by atoms with van der Waals surface area (Å²) < 4.78 is 67.0. The number of nitrogens with zero attached hydrogens (tertiary/aromatic N) is 2. The summed E-state index contributed by atoms with van der Waals surface area (Å²) in [6.07, 6.45) is 0.457. The van der Waals surface area contributed by atoms with Gasteiger partial charge in [-0.25, -0.2) is 13.1 Å². The van der Waals surface area contributed by atoms with Gasteiger partial charge in [0.2, 0.25) is 10.0 Å². The standard InChI is InChI=1S/C29H33F3N4O3S/c1-2-40(38,39)34-15-21-11-13-35(18-21)28(37)22-7-10-27-25(14-22)26(23-4-3-12-33-16-23)19-36(27)17-20-5-8-24(9-6-20)29(30,31)32/h2,5-10,14,19,21,23,33-34H,1,3-4,11-13,15-18H2/t21-,23?/m1/s1. The van der Waals surface area contributed by atoms with E-state index in [2.05, 4.69) is 22.8 Å². The van der Waals surface area contributed by atoms with Gasteiger partial charge in [-0.05, 0) is 79.1 Å². The molecule has 2 fully saturated rings. The molecule has 2 N–H and O–H groups in total. The SMILES string of the molecule is C=CS(=O)(=O)NC[C@H]1CCN(C(=O)c2ccc3c(c2)c(C2CCCNC2)cn3Cc2ccc(C(F)(F)F)cc2)C1. The highest BCUT2D eigenvalue weighted by Crippen LogP contribution is 2.34. The quantitative estimate of drug-likeness (QED) is 0.409. The average molecular weight is 575 g/mol. The van der Waals surface area contributed by atoms with Crippen LogP contribution in [-0.4, -0.2) is 56.5 Å². The molecule has 1 unspecified atom stereocenters. The number of alkyl halides is 3. The van der Waals surface area contributed by atoms with Crippen LogP contribution in [0, 0.1) is 5.92 Å². The first-order valence-electron chi connectivity index (χ1n) is 13.4. The lowest BCUT2D eigenvalue weighted by Gasteiger charge is -2.22. The number of fused-ring (bicyclic) bond motifs is 1. The number of amides is 1. The van der Waals surface area contributed by atoms with Crippen LogP contribution in [0.15, 0.2) is 60.6 Å². The molecule has 40 heavy (non-hydrogen) atoms. The number of hydrogen-bond acceptors (Lipinski definition) is 4. The maximum Gasteiger partial charge on any atom is 0.416 e. The Morgan fingerprint density at radius 1 is 1.15 bits per heavy atom. The van der Waals surface area contributed by atoms with Gasteiger partial charge in [-0.15, -0.1) is 0 Å². The summed E-state index contributed by atoms with van der Waals surface area (Å²) in [7, 11) is -3.51. The molecular formula is C29H33F3N4O3S. The molecule has 214 valence electrons. The van der Waals surface area contributed by atoms with Gasteiger partial charge in [0.25, 0.3) is 5.91 Å². The molecule has 3 heterocycles. The lowest BCUT2D eigenvalue weighted by Crippen LogP contribution is -2.32. The second kappa shape index (κ2) is 11.4. The van der Waals surface area contributed by atoms with Gasteiger partial charge in [-0.3, -0.25) is 4.79 Å². The second-order valence-electron chi connectivity index (χ2n) is 10.6. The lowest BCUT2D eigenvalue weighted by molar-refractivity contribution is -0.137. The number of carbonyl (C=O) groups excluding carboxylic acids is 1. The first-order valence-corrected chi connectivity index (χ1v) is 15.0. The average Bonchev–Trinajstić information content (AvgIpc) is 3.57. The topological polar surface area (TPSA) is 83.4 Å². The fourth-order valence-corrected chi connectivity index (χ4v) is 6.27. The van der Waals surface area contributed by atoms with Gasteiger partial charge < -0.3 is 14.8 Å². The Labute approximate surface area is 232 Å². The van der Waals surface area contributed by atoms with Gasteiger partial charge in [-0.1, -0.05) is 18.7 Å². The van der Waals surface area contributed by atoms with Gasteiger partial charge in [0, 0.05) is 60.8 Å². The summed E-state index contributed by atoms with van der Waals surface area (Å²) >= 11 is 0. The normalized spacial score (nSPS) is 20.2. The molecule has 3 aromatic rings. The van der Waals surface area contributed by atoms with E-state index in [0.29, 0.717) is 31.6 Å².